The molecule has 2 aromatic heterocycles. The zero-order chi connectivity index (χ0) is 19.6. The summed E-state index contributed by atoms with van der Waals surface area (Å²) in [6, 6.07) is 9.43. The molecule has 0 saturated carbocycles. The van der Waals surface area contributed by atoms with Gasteiger partial charge < -0.3 is 14.8 Å². The number of anilines is 1. The highest BCUT2D eigenvalue weighted by Crippen LogP contribution is 2.28. The molecule has 1 saturated heterocycles. The maximum absolute atomic E-state index is 12.5. The van der Waals surface area contributed by atoms with Crippen LogP contribution < -0.4 is 10.1 Å². The number of nitrogens with zero attached hydrogens (tertiary/aromatic N) is 3. The molecule has 1 aromatic carbocycles. The molecule has 1 fully saturated rings. The lowest BCUT2D eigenvalue weighted by atomic mass is 10.0. The van der Waals surface area contributed by atoms with Crippen molar-refractivity contribution in [2.75, 3.05) is 25.1 Å². The Balaban J connectivity index is 1.57. The molecule has 3 aromatic rings. The van der Waals surface area contributed by atoms with Crippen molar-refractivity contribution in [1.29, 1.82) is 0 Å². The Morgan fingerprint density at radius 1 is 1.18 bits per heavy atom. The quantitative estimate of drug-likeness (QED) is 0.707. The molecule has 4 rings (SSSR count). The van der Waals surface area contributed by atoms with Gasteiger partial charge in [0.05, 0.1) is 11.9 Å². The van der Waals surface area contributed by atoms with Crippen molar-refractivity contribution in [2.24, 2.45) is 5.92 Å². The molecular weight excluding hydrogens is 373 g/mol. The number of rotatable bonds is 5. The minimum atomic E-state index is -4.74. The minimum Gasteiger partial charge on any atom is -0.406 e. The van der Waals surface area contributed by atoms with Gasteiger partial charge in [-0.25, -0.2) is 9.50 Å². The second-order valence-electron chi connectivity index (χ2n) is 6.64. The standard InChI is InChI=1S/C19H19F3N4O2/c20-19(21,22)28-15-3-1-2-14(10-15)16-12-24-18-5-4-17(25-26(16)18)23-11-13-6-8-27-9-7-13/h1-5,10,12-13H,6-9,11H2,(H,23,25). The summed E-state index contributed by atoms with van der Waals surface area (Å²) in [5, 5.41) is 7.88. The van der Waals surface area contributed by atoms with E-state index in [0.717, 1.165) is 32.6 Å². The van der Waals surface area contributed by atoms with Gasteiger partial charge >= 0.3 is 6.36 Å². The lowest BCUT2D eigenvalue weighted by Gasteiger charge is -2.22. The molecule has 0 amide bonds. The van der Waals surface area contributed by atoms with Crippen LogP contribution in [0.5, 0.6) is 5.75 Å². The third-order valence-corrected chi connectivity index (χ3v) is 4.64. The summed E-state index contributed by atoms with van der Waals surface area (Å²) >= 11 is 0. The van der Waals surface area contributed by atoms with Gasteiger partial charge in [-0.1, -0.05) is 12.1 Å². The fourth-order valence-electron chi connectivity index (χ4n) is 3.22. The van der Waals surface area contributed by atoms with Crippen molar-refractivity contribution in [3.63, 3.8) is 0 Å². The van der Waals surface area contributed by atoms with E-state index >= 15 is 0 Å². The monoisotopic (exact) mass is 392 g/mol. The molecule has 0 radical (unpaired) electrons. The van der Waals surface area contributed by atoms with Crippen LogP contribution in [0.4, 0.5) is 19.0 Å². The van der Waals surface area contributed by atoms with E-state index in [2.05, 4.69) is 20.1 Å². The van der Waals surface area contributed by atoms with Crippen molar-refractivity contribution in [3.8, 4) is 17.0 Å². The number of nitrogens with one attached hydrogen (secondary N) is 1. The summed E-state index contributed by atoms with van der Waals surface area (Å²) in [7, 11) is 0. The highest BCUT2D eigenvalue weighted by Gasteiger charge is 2.31. The van der Waals surface area contributed by atoms with E-state index in [0.29, 0.717) is 28.6 Å². The number of imidazole rings is 1. The third kappa shape index (κ3) is 4.36. The second-order valence-corrected chi connectivity index (χ2v) is 6.64. The van der Waals surface area contributed by atoms with Crippen LogP contribution in [0.15, 0.2) is 42.6 Å². The Labute approximate surface area is 159 Å². The van der Waals surface area contributed by atoms with Crippen molar-refractivity contribution in [2.45, 2.75) is 19.2 Å². The van der Waals surface area contributed by atoms with E-state index in [-0.39, 0.29) is 5.75 Å². The number of benzene rings is 1. The highest BCUT2D eigenvalue weighted by molar-refractivity contribution is 5.65. The molecular formula is C19H19F3N4O2. The molecule has 148 valence electrons. The highest BCUT2D eigenvalue weighted by atomic mass is 19.4. The summed E-state index contributed by atoms with van der Waals surface area (Å²) in [5.41, 5.74) is 1.72. The van der Waals surface area contributed by atoms with Crippen LogP contribution in [-0.4, -0.2) is 40.7 Å². The molecule has 1 N–H and O–H groups in total. The normalized spacial score (nSPS) is 15.7. The molecule has 0 atom stereocenters. The Kier molecular flexibility index (Phi) is 5.08. The number of halogens is 3. The summed E-state index contributed by atoms with van der Waals surface area (Å²) in [5.74, 6) is 0.930. The molecule has 0 aliphatic carbocycles. The number of aromatic nitrogens is 3. The molecule has 0 spiro atoms. The minimum absolute atomic E-state index is 0.284. The van der Waals surface area contributed by atoms with Crippen molar-refractivity contribution in [1.82, 2.24) is 14.6 Å². The largest absolute Gasteiger partial charge is 0.573 e. The van der Waals surface area contributed by atoms with Gasteiger partial charge in [-0.05, 0) is 43.0 Å². The van der Waals surface area contributed by atoms with Gasteiger partial charge in [-0.15, -0.1) is 18.3 Å². The molecule has 1 aliphatic rings. The Morgan fingerprint density at radius 2 is 2.00 bits per heavy atom. The topological polar surface area (TPSA) is 60.7 Å². The first-order valence-electron chi connectivity index (χ1n) is 9.00. The zero-order valence-corrected chi connectivity index (χ0v) is 14.9. The number of hydrogen-bond acceptors (Lipinski definition) is 5. The number of ether oxygens (including phenoxy) is 2. The van der Waals surface area contributed by atoms with Crippen LogP contribution in [-0.2, 0) is 4.74 Å². The Bertz CT molecular complexity index is 952. The van der Waals surface area contributed by atoms with E-state index in [1.165, 1.54) is 18.2 Å². The van der Waals surface area contributed by atoms with Crippen LogP contribution in [0.1, 0.15) is 12.8 Å². The van der Waals surface area contributed by atoms with Crippen LogP contribution in [0.2, 0.25) is 0 Å². The first kappa shape index (κ1) is 18.5. The van der Waals surface area contributed by atoms with E-state index in [4.69, 9.17) is 4.74 Å². The average molecular weight is 392 g/mol. The average Bonchev–Trinajstić information content (AvgIpc) is 3.09. The maximum Gasteiger partial charge on any atom is 0.573 e. The molecule has 1 aliphatic heterocycles. The molecule has 3 heterocycles. The summed E-state index contributed by atoms with van der Waals surface area (Å²) in [6.07, 6.45) is -1.13. The van der Waals surface area contributed by atoms with Gasteiger partial charge in [0.2, 0.25) is 0 Å². The van der Waals surface area contributed by atoms with Gasteiger partial charge in [-0.3, -0.25) is 0 Å². The Morgan fingerprint density at radius 3 is 2.79 bits per heavy atom. The van der Waals surface area contributed by atoms with Crippen LogP contribution in [0, 0.1) is 5.92 Å². The molecule has 0 bridgehead atoms. The fourth-order valence-corrected chi connectivity index (χ4v) is 3.22. The number of fused-ring (bicyclic) bond motifs is 1. The fraction of sp³-hybridized carbons (Fsp3) is 0.368. The molecule has 28 heavy (non-hydrogen) atoms. The summed E-state index contributed by atoms with van der Waals surface area (Å²) in [6.45, 7) is 2.35. The predicted molar refractivity (Wildman–Crippen MR) is 97.1 cm³/mol. The predicted octanol–water partition coefficient (Wildman–Crippen LogP) is 4.13. The van der Waals surface area contributed by atoms with E-state index in [9.17, 15) is 13.2 Å². The van der Waals surface area contributed by atoms with Gasteiger partial charge in [0.15, 0.2) is 5.65 Å². The zero-order valence-electron chi connectivity index (χ0n) is 14.9. The SMILES string of the molecule is FC(F)(F)Oc1cccc(-c2cnc3ccc(NCC4CCOCC4)nn23)c1. The van der Waals surface area contributed by atoms with Crippen molar-refractivity contribution < 1.29 is 22.6 Å². The van der Waals surface area contributed by atoms with Crippen LogP contribution >= 0.6 is 0 Å². The van der Waals surface area contributed by atoms with E-state index < -0.39 is 6.36 Å². The van der Waals surface area contributed by atoms with Gasteiger partial charge in [0.25, 0.3) is 0 Å². The van der Waals surface area contributed by atoms with Crippen molar-refractivity contribution >= 4 is 11.5 Å². The molecule has 0 unspecified atom stereocenters. The molecule has 9 heteroatoms. The lowest BCUT2D eigenvalue weighted by molar-refractivity contribution is -0.274. The second kappa shape index (κ2) is 7.67. The summed E-state index contributed by atoms with van der Waals surface area (Å²) < 4.78 is 48.5. The van der Waals surface area contributed by atoms with E-state index in [1.807, 2.05) is 12.1 Å². The Hall–Kier alpha value is -2.81. The summed E-state index contributed by atoms with van der Waals surface area (Å²) in [4.78, 5) is 4.28. The van der Waals surface area contributed by atoms with Gasteiger partial charge in [-0.2, -0.15) is 0 Å². The smallest absolute Gasteiger partial charge is 0.406 e. The van der Waals surface area contributed by atoms with Crippen LogP contribution in [0.3, 0.4) is 0 Å². The maximum atomic E-state index is 12.5. The van der Waals surface area contributed by atoms with Crippen LogP contribution in [0.25, 0.3) is 16.9 Å². The first-order valence-corrected chi connectivity index (χ1v) is 9.00. The third-order valence-electron chi connectivity index (χ3n) is 4.64. The number of hydrogen-bond donors (Lipinski definition) is 1. The van der Waals surface area contributed by atoms with E-state index in [1.54, 1.807) is 16.8 Å². The van der Waals surface area contributed by atoms with Gasteiger partial charge in [0, 0.05) is 25.3 Å². The van der Waals surface area contributed by atoms with Crippen molar-refractivity contribution in [3.05, 3.63) is 42.6 Å². The number of alkyl halides is 3. The van der Waals surface area contributed by atoms with Gasteiger partial charge in [0.1, 0.15) is 11.6 Å². The molecule has 6 nitrogen and oxygen atoms in total. The lowest BCUT2D eigenvalue weighted by Crippen LogP contribution is -2.23. The first-order chi connectivity index (χ1) is 13.5.